The highest BCUT2D eigenvalue weighted by atomic mass is 16.5. The zero-order chi connectivity index (χ0) is 18.7. The standard InChI is InChI=1S/C19H27NO6/c1-23-16-7-12(8-17(24-2)19(16)25-3)10-18(22)20-4-5-26-15-9-13(11-21)6-14(15)20/h7-8,13-15,21H,4-6,9-11H2,1-3H3/t13-,14+,15+/m1/s1. The molecule has 1 aliphatic heterocycles. The van der Waals surface area contributed by atoms with Crippen LogP contribution >= 0.6 is 0 Å². The van der Waals surface area contributed by atoms with E-state index in [1.807, 2.05) is 17.0 Å². The molecular weight excluding hydrogens is 338 g/mol. The Labute approximate surface area is 153 Å². The van der Waals surface area contributed by atoms with Crippen molar-refractivity contribution in [2.24, 2.45) is 5.92 Å². The molecule has 3 atom stereocenters. The van der Waals surface area contributed by atoms with Gasteiger partial charge in [0.15, 0.2) is 11.5 Å². The Hall–Kier alpha value is -1.99. The molecule has 7 nitrogen and oxygen atoms in total. The highest BCUT2D eigenvalue weighted by molar-refractivity contribution is 5.80. The van der Waals surface area contributed by atoms with Crippen molar-refractivity contribution >= 4 is 5.91 Å². The summed E-state index contributed by atoms with van der Waals surface area (Å²) < 4.78 is 21.9. The SMILES string of the molecule is COc1cc(CC(=O)N2CCO[C@H]3C[C@H](CO)C[C@@H]32)cc(OC)c1OC. The zero-order valence-corrected chi connectivity index (χ0v) is 15.6. The third-order valence-corrected chi connectivity index (χ3v) is 5.29. The largest absolute Gasteiger partial charge is 0.493 e. The van der Waals surface area contributed by atoms with Crippen molar-refractivity contribution in [3.8, 4) is 17.2 Å². The van der Waals surface area contributed by atoms with Gasteiger partial charge in [0, 0.05) is 13.2 Å². The molecule has 7 heteroatoms. The Kier molecular flexibility index (Phi) is 5.88. The predicted molar refractivity (Wildman–Crippen MR) is 94.9 cm³/mol. The van der Waals surface area contributed by atoms with E-state index in [0.717, 1.165) is 18.4 Å². The van der Waals surface area contributed by atoms with Crippen molar-refractivity contribution in [3.05, 3.63) is 17.7 Å². The smallest absolute Gasteiger partial charge is 0.227 e. The number of carbonyl (C=O) groups is 1. The Bertz CT molecular complexity index is 624. The van der Waals surface area contributed by atoms with Crippen molar-refractivity contribution in [1.29, 1.82) is 0 Å². The van der Waals surface area contributed by atoms with Gasteiger partial charge in [-0.2, -0.15) is 0 Å². The summed E-state index contributed by atoms with van der Waals surface area (Å²) in [6, 6.07) is 3.67. The second-order valence-corrected chi connectivity index (χ2v) is 6.79. The minimum Gasteiger partial charge on any atom is -0.493 e. The van der Waals surface area contributed by atoms with Gasteiger partial charge in [0.25, 0.3) is 0 Å². The highest BCUT2D eigenvalue weighted by Gasteiger charge is 2.42. The van der Waals surface area contributed by atoms with Crippen molar-refractivity contribution in [2.75, 3.05) is 41.1 Å². The number of hydrogen-bond acceptors (Lipinski definition) is 6. The molecule has 1 saturated carbocycles. The van der Waals surface area contributed by atoms with E-state index in [1.165, 1.54) is 0 Å². The quantitative estimate of drug-likeness (QED) is 0.818. The molecule has 0 unspecified atom stereocenters. The second-order valence-electron chi connectivity index (χ2n) is 6.79. The molecule has 1 N–H and O–H groups in total. The lowest BCUT2D eigenvalue weighted by atomic mass is 10.1. The number of fused-ring (bicyclic) bond motifs is 1. The number of rotatable bonds is 6. The summed E-state index contributed by atoms with van der Waals surface area (Å²) in [6.07, 6.45) is 1.89. The normalized spacial score (nSPS) is 24.9. The van der Waals surface area contributed by atoms with Crippen LogP contribution in [0.2, 0.25) is 0 Å². The Balaban J connectivity index is 1.77. The van der Waals surface area contributed by atoms with E-state index < -0.39 is 0 Å². The van der Waals surface area contributed by atoms with Gasteiger partial charge in [-0.25, -0.2) is 0 Å². The van der Waals surface area contributed by atoms with E-state index in [4.69, 9.17) is 18.9 Å². The first-order chi connectivity index (χ1) is 12.6. The number of aliphatic hydroxyl groups is 1. The van der Waals surface area contributed by atoms with Gasteiger partial charge in [0.05, 0.1) is 46.5 Å². The number of aliphatic hydroxyl groups excluding tert-OH is 1. The molecule has 0 radical (unpaired) electrons. The molecule has 26 heavy (non-hydrogen) atoms. The van der Waals surface area contributed by atoms with E-state index >= 15 is 0 Å². The first kappa shape index (κ1) is 18.8. The lowest BCUT2D eigenvalue weighted by molar-refractivity contribution is -0.143. The Morgan fingerprint density at radius 2 is 1.88 bits per heavy atom. The summed E-state index contributed by atoms with van der Waals surface area (Å²) in [6.45, 7) is 1.27. The van der Waals surface area contributed by atoms with Crippen LogP contribution in [0.4, 0.5) is 0 Å². The maximum Gasteiger partial charge on any atom is 0.227 e. The second kappa shape index (κ2) is 8.14. The van der Waals surface area contributed by atoms with Crippen molar-refractivity contribution in [1.82, 2.24) is 4.90 Å². The first-order valence-electron chi connectivity index (χ1n) is 8.92. The first-order valence-corrected chi connectivity index (χ1v) is 8.92. The monoisotopic (exact) mass is 365 g/mol. The average Bonchev–Trinajstić information content (AvgIpc) is 3.10. The molecule has 1 aliphatic carbocycles. The molecule has 1 aromatic carbocycles. The van der Waals surface area contributed by atoms with Gasteiger partial charge in [-0.15, -0.1) is 0 Å². The third kappa shape index (κ3) is 3.59. The van der Waals surface area contributed by atoms with Crippen molar-refractivity contribution in [2.45, 2.75) is 31.4 Å². The van der Waals surface area contributed by atoms with Crippen molar-refractivity contribution in [3.63, 3.8) is 0 Å². The zero-order valence-electron chi connectivity index (χ0n) is 15.6. The van der Waals surface area contributed by atoms with Gasteiger partial charge in [-0.1, -0.05) is 0 Å². The number of amides is 1. The van der Waals surface area contributed by atoms with Crippen molar-refractivity contribution < 1.29 is 28.8 Å². The fourth-order valence-corrected chi connectivity index (χ4v) is 4.02. The van der Waals surface area contributed by atoms with Crippen LogP contribution in [-0.4, -0.2) is 69.1 Å². The van der Waals surface area contributed by atoms with Gasteiger partial charge in [0.2, 0.25) is 11.7 Å². The number of ether oxygens (including phenoxy) is 4. The lowest BCUT2D eigenvalue weighted by Crippen LogP contribution is -2.51. The van der Waals surface area contributed by atoms with Crippen LogP contribution in [0.3, 0.4) is 0 Å². The molecule has 3 rings (SSSR count). The third-order valence-electron chi connectivity index (χ3n) is 5.29. The average molecular weight is 365 g/mol. The van der Waals surface area contributed by atoms with E-state index in [9.17, 15) is 9.90 Å². The molecule has 2 aliphatic rings. The molecule has 2 fully saturated rings. The van der Waals surface area contributed by atoms with Gasteiger partial charge >= 0.3 is 0 Å². The fourth-order valence-electron chi connectivity index (χ4n) is 4.02. The van der Waals surface area contributed by atoms with E-state index in [2.05, 4.69) is 0 Å². The van der Waals surface area contributed by atoms with Gasteiger partial charge in [0.1, 0.15) is 0 Å². The van der Waals surface area contributed by atoms with Crippen LogP contribution in [-0.2, 0) is 16.0 Å². The summed E-state index contributed by atoms with van der Waals surface area (Å²) in [7, 11) is 4.67. The fraction of sp³-hybridized carbons (Fsp3) is 0.632. The predicted octanol–water partition coefficient (Wildman–Crippen LogP) is 1.25. The maximum absolute atomic E-state index is 13.0. The van der Waals surface area contributed by atoms with Crippen LogP contribution in [0.25, 0.3) is 0 Å². The minimum absolute atomic E-state index is 0.0322. The highest BCUT2D eigenvalue weighted by Crippen LogP contribution is 2.39. The number of carbonyl (C=O) groups excluding carboxylic acids is 1. The summed E-state index contributed by atoms with van der Waals surface area (Å²) in [5, 5.41) is 9.44. The van der Waals surface area contributed by atoms with E-state index in [0.29, 0.717) is 30.4 Å². The molecule has 1 heterocycles. The number of benzene rings is 1. The number of methoxy groups -OCH3 is 3. The molecule has 0 aromatic heterocycles. The molecule has 0 bridgehead atoms. The Morgan fingerprint density at radius 1 is 1.19 bits per heavy atom. The van der Waals surface area contributed by atoms with Gasteiger partial charge < -0.3 is 29.0 Å². The topological polar surface area (TPSA) is 77.5 Å². The van der Waals surface area contributed by atoms with Crippen LogP contribution in [0.1, 0.15) is 18.4 Å². The number of morpholine rings is 1. The van der Waals surface area contributed by atoms with E-state index in [1.54, 1.807) is 21.3 Å². The number of hydrogen-bond donors (Lipinski definition) is 1. The lowest BCUT2D eigenvalue weighted by Gasteiger charge is -2.37. The number of nitrogens with zero attached hydrogens (tertiary/aromatic N) is 1. The summed E-state index contributed by atoms with van der Waals surface area (Å²) in [4.78, 5) is 14.9. The molecule has 1 saturated heterocycles. The summed E-state index contributed by atoms with van der Waals surface area (Å²) in [5.41, 5.74) is 0.809. The maximum atomic E-state index is 13.0. The summed E-state index contributed by atoms with van der Waals surface area (Å²) >= 11 is 0. The van der Waals surface area contributed by atoms with Crippen LogP contribution in [0.5, 0.6) is 17.2 Å². The van der Waals surface area contributed by atoms with Crippen LogP contribution in [0, 0.1) is 5.92 Å². The molecular formula is C19H27NO6. The summed E-state index contributed by atoms with van der Waals surface area (Å²) in [5.74, 6) is 1.85. The minimum atomic E-state index is 0.0322. The van der Waals surface area contributed by atoms with E-state index in [-0.39, 0.29) is 37.0 Å². The van der Waals surface area contributed by atoms with Gasteiger partial charge in [-0.05, 0) is 36.5 Å². The molecule has 0 spiro atoms. The molecule has 144 valence electrons. The van der Waals surface area contributed by atoms with Crippen LogP contribution in [0.15, 0.2) is 12.1 Å². The molecule has 1 amide bonds. The molecule has 1 aromatic rings. The Morgan fingerprint density at radius 3 is 2.46 bits per heavy atom. The van der Waals surface area contributed by atoms with Crippen LogP contribution < -0.4 is 14.2 Å². The van der Waals surface area contributed by atoms with Gasteiger partial charge in [-0.3, -0.25) is 4.79 Å².